The summed E-state index contributed by atoms with van der Waals surface area (Å²) in [6.07, 6.45) is 0. The number of ether oxygens (including phenoxy) is 1. The van der Waals surface area contributed by atoms with Gasteiger partial charge in [0, 0.05) is 4.47 Å². The Morgan fingerprint density at radius 2 is 2.31 bits per heavy atom. The fraction of sp³-hybridized carbons (Fsp3) is 0.125. The molecule has 0 aliphatic heterocycles. The van der Waals surface area contributed by atoms with Crippen molar-refractivity contribution in [1.29, 1.82) is 0 Å². The van der Waals surface area contributed by atoms with Crippen molar-refractivity contribution in [3.05, 3.63) is 28.2 Å². The maximum Gasteiger partial charge on any atom is 0.341 e. The first-order chi connectivity index (χ1) is 6.20. The van der Waals surface area contributed by atoms with Crippen LogP contribution in [0.5, 0.6) is 0 Å². The van der Waals surface area contributed by atoms with Crippen molar-refractivity contribution >= 4 is 27.6 Å². The molecule has 13 heavy (non-hydrogen) atoms. The quantitative estimate of drug-likeness (QED) is 0.619. The predicted molar refractivity (Wildman–Crippen MR) is 50.9 cm³/mol. The summed E-state index contributed by atoms with van der Waals surface area (Å²) in [6, 6.07) is 4.94. The van der Waals surface area contributed by atoms with Gasteiger partial charge in [-0.3, -0.25) is 10.7 Å². The Bertz CT molecular complexity index is 327. The second-order valence-electron chi connectivity index (χ2n) is 2.27. The molecule has 70 valence electrons. The normalized spacial score (nSPS) is 9.46. The first-order valence-electron chi connectivity index (χ1n) is 3.47. The number of anilines is 1. The molecule has 2 N–H and O–H groups in total. The molecule has 5 heteroatoms. The minimum absolute atomic E-state index is 0.271. The summed E-state index contributed by atoms with van der Waals surface area (Å²) in [5.41, 5.74) is 2.50. The first kappa shape index (κ1) is 10.0. The molecule has 0 aliphatic carbocycles. The second-order valence-corrected chi connectivity index (χ2v) is 3.12. The summed E-state index contributed by atoms with van der Waals surface area (Å²) in [6.45, 7) is 0. The van der Waals surface area contributed by atoms with Crippen molar-refractivity contribution < 1.29 is 14.7 Å². The van der Waals surface area contributed by atoms with Crippen LogP contribution in [0.1, 0.15) is 10.4 Å². The highest BCUT2D eigenvalue weighted by Gasteiger charge is 2.14. The van der Waals surface area contributed by atoms with Crippen LogP contribution in [-0.2, 0) is 4.74 Å². The average molecular weight is 246 g/mol. The van der Waals surface area contributed by atoms with E-state index in [1.165, 1.54) is 7.11 Å². The number of carbonyl (C=O) groups excluding carboxylic acids is 1. The van der Waals surface area contributed by atoms with Gasteiger partial charge in [0.1, 0.15) is 0 Å². The van der Waals surface area contributed by atoms with Gasteiger partial charge < -0.3 is 4.74 Å². The minimum Gasteiger partial charge on any atom is -0.465 e. The zero-order valence-electron chi connectivity index (χ0n) is 6.87. The topological polar surface area (TPSA) is 58.6 Å². The molecule has 0 saturated carbocycles. The minimum atomic E-state index is -0.510. The van der Waals surface area contributed by atoms with Gasteiger partial charge in [0.2, 0.25) is 0 Å². The van der Waals surface area contributed by atoms with Gasteiger partial charge in [-0.15, -0.1) is 0 Å². The van der Waals surface area contributed by atoms with Crippen LogP contribution < -0.4 is 5.48 Å². The fourth-order valence-electron chi connectivity index (χ4n) is 0.927. The lowest BCUT2D eigenvalue weighted by Gasteiger charge is -2.07. The predicted octanol–water partition coefficient (Wildman–Crippen LogP) is 2.04. The van der Waals surface area contributed by atoms with E-state index in [2.05, 4.69) is 20.7 Å². The lowest BCUT2D eigenvalue weighted by Crippen LogP contribution is -2.06. The Labute approximate surface area is 83.6 Å². The molecule has 0 atom stereocenters. The Balaban J connectivity index is 3.22. The average Bonchev–Trinajstić information content (AvgIpc) is 2.16. The molecule has 4 nitrogen and oxygen atoms in total. The fourth-order valence-corrected chi connectivity index (χ4v) is 1.45. The Morgan fingerprint density at radius 3 is 2.85 bits per heavy atom. The Hall–Kier alpha value is -1.07. The highest BCUT2D eigenvalue weighted by Crippen LogP contribution is 2.24. The van der Waals surface area contributed by atoms with Crippen molar-refractivity contribution in [2.75, 3.05) is 12.6 Å². The zero-order chi connectivity index (χ0) is 9.84. The Kier molecular flexibility index (Phi) is 3.27. The summed E-state index contributed by atoms with van der Waals surface area (Å²) >= 11 is 3.18. The molecule has 1 aromatic rings. The summed E-state index contributed by atoms with van der Waals surface area (Å²) in [5.74, 6) is -0.510. The van der Waals surface area contributed by atoms with Crippen molar-refractivity contribution in [3.63, 3.8) is 0 Å². The molecule has 0 fully saturated rings. The van der Waals surface area contributed by atoms with Crippen molar-refractivity contribution in [2.24, 2.45) is 0 Å². The standard InChI is InChI=1S/C8H8BrNO3/c1-13-8(11)7-5(9)3-2-4-6(7)10-12/h2-4,10,12H,1H3. The van der Waals surface area contributed by atoms with Gasteiger partial charge in [-0.2, -0.15) is 0 Å². The molecule has 0 radical (unpaired) electrons. The number of esters is 1. The zero-order valence-corrected chi connectivity index (χ0v) is 8.46. The number of methoxy groups -OCH3 is 1. The van der Waals surface area contributed by atoms with E-state index in [1.54, 1.807) is 18.2 Å². The molecule has 0 spiro atoms. The molecule has 0 amide bonds. The van der Waals surface area contributed by atoms with Crippen LogP contribution in [0.15, 0.2) is 22.7 Å². The van der Waals surface area contributed by atoms with E-state index in [9.17, 15) is 4.79 Å². The molecule has 0 heterocycles. The molecular weight excluding hydrogens is 238 g/mol. The number of benzene rings is 1. The number of halogens is 1. The number of rotatable bonds is 2. The summed E-state index contributed by atoms with van der Waals surface area (Å²) in [5, 5.41) is 8.71. The second kappa shape index (κ2) is 4.25. The third-order valence-corrected chi connectivity index (χ3v) is 2.18. The van der Waals surface area contributed by atoms with Gasteiger partial charge in [-0.25, -0.2) is 4.79 Å². The smallest absolute Gasteiger partial charge is 0.341 e. The highest BCUT2D eigenvalue weighted by molar-refractivity contribution is 9.10. The van der Waals surface area contributed by atoms with Crippen LogP contribution in [0.4, 0.5) is 5.69 Å². The lowest BCUT2D eigenvalue weighted by molar-refractivity contribution is 0.0600. The van der Waals surface area contributed by atoms with Crippen LogP contribution in [0.2, 0.25) is 0 Å². The maximum atomic E-state index is 11.2. The monoisotopic (exact) mass is 245 g/mol. The molecule has 0 saturated heterocycles. The van der Waals surface area contributed by atoms with Gasteiger partial charge >= 0.3 is 5.97 Å². The Morgan fingerprint density at radius 1 is 1.62 bits per heavy atom. The lowest BCUT2D eigenvalue weighted by atomic mass is 10.2. The molecule has 0 bridgehead atoms. The molecule has 0 unspecified atom stereocenters. The van der Waals surface area contributed by atoms with Crippen LogP contribution >= 0.6 is 15.9 Å². The summed E-state index contributed by atoms with van der Waals surface area (Å²) in [7, 11) is 1.28. The van der Waals surface area contributed by atoms with Crippen LogP contribution in [-0.4, -0.2) is 18.3 Å². The molecule has 0 aromatic heterocycles. The molecule has 0 aliphatic rings. The van der Waals surface area contributed by atoms with Crippen LogP contribution in [0.3, 0.4) is 0 Å². The van der Waals surface area contributed by atoms with Crippen LogP contribution in [0, 0.1) is 0 Å². The summed E-state index contributed by atoms with van der Waals surface area (Å²) in [4.78, 5) is 11.2. The van der Waals surface area contributed by atoms with Gasteiger partial charge in [-0.05, 0) is 28.1 Å². The van der Waals surface area contributed by atoms with Gasteiger partial charge in [0.15, 0.2) is 0 Å². The van der Waals surface area contributed by atoms with Crippen molar-refractivity contribution in [2.45, 2.75) is 0 Å². The third-order valence-electron chi connectivity index (χ3n) is 1.52. The van der Waals surface area contributed by atoms with E-state index >= 15 is 0 Å². The van der Waals surface area contributed by atoms with E-state index < -0.39 is 5.97 Å². The number of nitrogens with one attached hydrogen (secondary N) is 1. The third kappa shape index (κ3) is 1.99. The van der Waals surface area contributed by atoms with E-state index in [-0.39, 0.29) is 5.56 Å². The van der Waals surface area contributed by atoms with E-state index in [0.717, 1.165) is 0 Å². The number of carbonyl (C=O) groups is 1. The van der Waals surface area contributed by atoms with E-state index in [0.29, 0.717) is 10.2 Å². The highest BCUT2D eigenvalue weighted by atomic mass is 79.9. The van der Waals surface area contributed by atoms with Gasteiger partial charge in [0.25, 0.3) is 0 Å². The van der Waals surface area contributed by atoms with Crippen LogP contribution in [0.25, 0.3) is 0 Å². The van der Waals surface area contributed by atoms with Gasteiger partial charge in [0.05, 0.1) is 18.4 Å². The largest absolute Gasteiger partial charge is 0.465 e. The van der Waals surface area contributed by atoms with Crippen molar-refractivity contribution in [3.8, 4) is 0 Å². The SMILES string of the molecule is COC(=O)c1c(Br)cccc1NO. The van der Waals surface area contributed by atoms with Gasteiger partial charge in [-0.1, -0.05) is 6.07 Å². The maximum absolute atomic E-state index is 11.2. The molecular formula is C8H8BrNO3. The van der Waals surface area contributed by atoms with E-state index in [1.807, 2.05) is 5.48 Å². The molecule has 1 aromatic carbocycles. The number of hydrogen-bond donors (Lipinski definition) is 2. The number of hydrogen-bond acceptors (Lipinski definition) is 4. The van der Waals surface area contributed by atoms with E-state index in [4.69, 9.17) is 5.21 Å². The molecule has 1 rings (SSSR count). The van der Waals surface area contributed by atoms with Crippen molar-refractivity contribution in [1.82, 2.24) is 0 Å². The summed E-state index contributed by atoms with van der Waals surface area (Å²) < 4.78 is 5.11. The first-order valence-corrected chi connectivity index (χ1v) is 4.27.